The molecule has 0 saturated heterocycles. The Hall–Kier alpha value is 1.38. The van der Waals surface area contributed by atoms with Gasteiger partial charge in [0, 0.05) is 38.4 Å². The minimum Gasteiger partial charge on any atom is -0.394 e. The second-order valence-corrected chi connectivity index (χ2v) is 2.19. The summed E-state index contributed by atoms with van der Waals surface area (Å²) >= 11 is 0. The molecule has 0 aliphatic rings. The van der Waals surface area contributed by atoms with Crippen LogP contribution in [-0.2, 0) is 26.2 Å². The molecule has 0 rings (SSSR count). The molecule has 72 valence electrons. The predicted octanol–water partition coefficient (Wildman–Crippen LogP) is 1.62. The van der Waals surface area contributed by atoms with Crippen molar-refractivity contribution in [2.45, 2.75) is 39.9 Å². The van der Waals surface area contributed by atoms with Gasteiger partial charge in [0.05, 0.1) is 0 Å². The van der Waals surface area contributed by atoms with Gasteiger partial charge in [-0.1, -0.05) is 0 Å². The van der Waals surface area contributed by atoms with Crippen molar-refractivity contribution in [1.29, 1.82) is 0 Å². The molecule has 0 fully saturated rings. The summed E-state index contributed by atoms with van der Waals surface area (Å²) in [7, 11) is 0. The van der Waals surface area contributed by atoms with Crippen molar-refractivity contribution in [3.05, 3.63) is 0 Å². The van der Waals surface area contributed by atoms with E-state index in [9.17, 15) is 0 Å². The maximum Gasteiger partial charge on any atom is 0.0483 e. The molecule has 0 aromatic heterocycles. The van der Waals surface area contributed by atoms with Gasteiger partial charge < -0.3 is 10.2 Å². The molecule has 0 aromatic rings. The summed E-state index contributed by atoms with van der Waals surface area (Å²) in [6.45, 7) is 6.89. The zero-order chi connectivity index (χ0) is 7.15. The van der Waals surface area contributed by atoms with Crippen LogP contribution in [0, 0.1) is 0 Å². The second kappa shape index (κ2) is 22.5. The Balaban J connectivity index is -0.0000000171. The van der Waals surface area contributed by atoms with Gasteiger partial charge in [-0.2, -0.15) is 0 Å². The quantitative estimate of drug-likeness (QED) is 0.709. The van der Waals surface area contributed by atoms with Crippen LogP contribution in [0.4, 0.5) is 0 Å². The molecular weight excluding hydrogens is 266 g/mol. The SMILES string of the molecule is CC(C)O.CC(C)O.Cl.Cl.[Zr]. The van der Waals surface area contributed by atoms with Gasteiger partial charge in [-0.15, -0.1) is 24.8 Å². The molecular formula is C6H18Cl2O2Zr. The molecule has 0 atom stereocenters. The standard InChI is InChI=1S/2C3H8O.2ClH.Zr/c2*1-3(2)4;;;/h2*3-4H,1-2H3;2*1H;. The van der Waals surface area contributed by atoms with Crippen LogP contribution >= 0.6 is 24.8 Å². The van der Waals surface area contributed by atoms with Crippen LogP contribution in [0.2, 0.25) is 0 Å². The molecule has 5 heteroatoms. The van der Waals surface area contributed by atoms with Crippen molar-refractivity contribution in [1.82, 2.24) is 0 Å². The van der Waals surface area contributed by atoms with Crippen LogP contribution in [0.1, 0.15) is 27.7 Å². The normalized spacial score (nSPS) is 6.55. The number of aliphatic hydroxyl groups excluding tert-OH is 2. The summed E-state index contributed by atoms with van der Waals surface area (Å²) in [5, 5.41) is 16.1. The molecule has 0 aliphatic heterocycles. The topological polar surface area (TPSA) is 40.5 Å². The first-order chi connectivity index (χ1) is 3.46. The molecule has 0 amide bonds. The van der Waals surface area contributed by atoms with Gasteiger partial charge in [0.1, 0.15) is 0 Å². The monoisotopic (exact) mass is 282 g/mol. The number of halogens is 2. The molecule has 0 unspecified atom stereocenters. The van der Waals surface area contributed by atoms with E-state index in [1.54, 1.807) is 27.7 Å². The molecule has 0 aliphatic carbocycles. The van der Waals surface area contributed by atoms with E-state index in [4.69, 9.17) is 10.2 Å². The van der Waals surface area contributed by atoms with E-state index >= 15 is 0 Å². The minimum atomic E-state index is -0.167. The molecule has 2 nitrogen and oxygen atoms in total. The van der Waals surface area contributed by atoms with Crippen molar-refractivity contribution in [2.24, 2.45) is 0 Å². The Kier molecular flexibility index (Phi) is 60.2. The Morgan fingerprint density at radius 2 is 0.727 bits per heavy atom. The van der Waals surface area contributed by atoms with Crippen molar-refractivity contribution < 1.29 is 36.4 Å². The summed E-state index contributed by atoms with van der Waals surface area (Å²) in [5.74, 6) is 0. The predicted molar refractivity (Wildman–Crippen MR) is 49.2 cm³/mol. The fraction of sp³-hybridized carbons (Fsp3) is 1.00. The zero-order valence-electron chi connectivity index (χ0n) is 7.37. The second-order valence-electron chi connectivity index (χ2n) is 2.19. The first-order valence-corrected chi connectivity index (χ1v) is 2.83. The van der Waals surface area contributed by atoms with Crippen LogP contribution in [0.5, 0.6) is 0 Å². The van der Waals surface area contributed by atoms with Gasteiger partial charge >= 0.3 is 0 Å². The van der Waals surface area contributed by atoms with Gasteiger partial charge in [-0.05, 0) is 27.7 Å². The van der Waals surface area contributed by atoms with Crippen LogP contribution in [-0.4, -0.2) is 22.4 Å². The largest absolute Gasteiger partial charge is 0.394 e. The first kappa shape index (κ1) is 29.4. The van der Waals surface area contributed by atoms with E-state index in [1.165, 1.54) is 0 Å². The van der Waals surface area contributed by atoms with Gasteiger partial charge in [-0.3, -0.25) is 0 Å². The maximum atomic E-state index is 8.06. The third-order valence-electron chi connectivity index (χ3n) is 0. The summed E-state index contributed by atoms with van der Waals surface area (Å²) < 4.78 is 0. The number of aliphatic hydroxyl groups is 2. The molecule has 0 radical (unpaired) electrons. The molecule has 0 spiro atoms. The molecule has 0 saturated carbocycles. The fourth-order valence-corrected chi connectivity index (χ4v) is 0. The van der Waals surface area contributed by atoms with Crippen molar-refractivity contribution in [3.8, 4) is 0 Å². The smallest absolute Gasteiger partial charge is 0.0483 e. The van der Waals surface area contributed by atoms with Gasteiger partial charge in [0.15, 0.2) is 0 Å². The molecule has 11 heavy (non-hydrogen) atoms. The van der Waals surface area contributed by atoms with E-state index in [0.717, 1.165) is 0 Å². The molecule has 2 N–H and O–H groups in total. The van der Waals surface area contributed by atoms with Crippen LogP contribution in [0.25, 0.3) is 0 Å². The summed E-state index contributed by atoms with van der Waals surface area (Å²) in [4.78, 5) is 0. The Bertz CT molecular complexity index is 34.1. The minimum absolute atomic E-state index is 0. The van der Waals surface area contributed by atoms with Crippen LogP contribution in [0.15, 0.2) is 0 Å². The average Bonchev–Trinajstić information content (AvgIpc) is 1.25. The number of hydrogen-bond acceptors (Lipinski definition) is 2. The zero-order valence-corrected chi connectivity index (χ0v) is 11.5. The van der Waals surface area contributed by atoms with E-state index < -0.39 is 0 Å². The Morgan fingerprint density at radius 1 is 0.727 bits per heavy atom. The maximum absolute atomic E-state index is 8.06. The average molecular weight is 284 g/mol. The van der Waals surface area contributed by atoms with Crippen LogP contribution < -0.4 is 0 Å². The van der Waals surface area contributed by atoms with Gasteiger partial charge in [-0.25, -0.2) is 0 Å². The summed E-state index contributed by atoms with van der Waals surface area (Å²) in [6, 6.07) is 0. The van der Waals surface area contributed by atoms with Gasteiger partial charge in [0.25, 0.3) is 0 Å². The third-order valence-corrected chi connectivity index (χ3v) is 0. The van der Waals surface area contributed by atoms with Crippen molar-refractivity contribution >= 4 is 24.8 Å². The Morgan fingerprint density at radius 3 is 0.727 bits per heavy atom. The van der Waals surface area contributed by atoms with E-state index in [0.29, 0.717) is 0 Å². The van der Waals surface area contributed by atoms with E-state index in [2.05, 4.69) is 0 Å². The molecule has 0 aromatic carbocycles. The van der Waals surface area contributed by atoms with E-state index in [1.807, 2.05) is 0 Å². The van der Waals surface area contributed by atoms with Crippen molar-refractivity contribution in [2.75, 3.05) is 0 Å². The molecule has 0 heterocycles. The number of rotatable bonds is 0. The molecule has 0 bridgehead atoms. The van der Waals surface area contributed by atoms with Crippen molar-refractivity contribution in [3.63, 3.8) is 0 Å². The number of hydrogen-bond donors (Lipinski definition) is 2. The first-order valence-electron chi connectivity index (χ1n) is 2.83. The van der Waals surface area contributed by atoms with Crippen LogP contribution in [0.3, 0.4) is 0 Å². The fourth-order valence-electron chi connectivity index (χ4n) is 0. The third kappa shape index (κ3) is 524. The van der Waals surface area contributed by atoms with E-state index in [-0.39, 0.29) is 63.2 Å². The van der Waals surface area contributed by atoms with Gasteiger partial charge in [0.2, 0.25) is 0 Å². The summed E-state index contributed by atoms with van der Waals surface area (Å²) in [6.07, 6.45) is -0.333. The Labute approximate surface area is 101 Å². The summed E-state index contributed by atoms with van der Waals surface area (Å²) in [5.41, 5.74) is 0.